The summed E-state index contributed by atoms with van der Waals surface area (Å²) in [7, 11) is 0. The van der Waals surface area contributed by atoms with Crippen molar-refractivity contribution in [3.8, 4) is 0 Å². The molecule has 25 heavy (non-hydrogen) atoms. The third-order valence-corrected chi connectivity index (χ3v) is 3.65. The van der Waals surface area contributed by atoms with Crippen LogP contribution in [0.15, 0.2) is 42.7 Å². The highest BCUT2D eigenvalue weighted by Gasteiger charge is 2.12. The number of benzene rings is 1. The highest BCUT2D eigenvalue weighted by molar-refractivity contribution is 5.93. The number of amides is 3. The van der Waals surface area contributed by atoms with Crippen molar-refractivity contribution >= 4 is 23.5 Å². The number of aromatic nitrogens is 1. The SMILES string of the molecule is CCOC(=O)Nc1cccc(NC(=O)NC(C)c2ccncc2)c1C. The molecule has 7 nitrogen and oxygen atoms in total. The Hall–Kier alpha value is -3.09. The summed E-state index contributed by atoms with van der Waals surface area (Å²) < 4.78 is 4.87. The number of hydrogen-bond acceptors (Lipinski definition) is 4. The number of carbonyl (C=O) groups excluding carboxylic acids is 2. The van der Waals surface area contributed by atoms with Crippen LogP contribution in [0, 0.1) is 6.92 Å². The van der Waals surface area contributed by atoms with Crippen LogP contribution in [0.2, 0.25) is 0 Å². The minimum atomic E-state index is -0.529. The predicted octanol–water partition coefficient (Wildman–Crippen LogP) is 3.84. The summed E-state index contributed by atoms with van der Waals surface area (Å²) in [5.74, 6) is 0. The average Bonchev–Trinajstić information content (AvgIpc) is 2.59. The Balaban J connectivity index is 2.02. The van der Waals surface area contributed by atoms with E-state index < -0.39 is 6.09 Å². The molecular formula is C18H22N4O3. The monoisotopic (exact) mass is 342 g/mol. The zero-order chi connectivity index (χ0) is 18.2. The molecule has 0 aliphatic heterocycles. The third kappa shape index (κ3) is 5.20. The molecule has 0 saturated heterocycles. The van der Waals surface area contributed by atoms with Gasteiger partial charge in [0.2, 0.25) is 0 Å². The molecule has 0 aliphatic rings. The highest BCUT2D eigenvalue weighted by atomic mass is 16.5. The minimum Gasteiger partial charge on any atom is -0.450 e. The number of nitrogens with one attached hydrogen (secondary N) is 3. The molecule has 0 bridgehead atoms. The van der Waals surface area contributed by atoms with Crippen molar-refractivity contribution in [1.82, 2.24) is 10.3 Å². The number of anilines is 2. The van der Waals surface area contributed by atoms with Gasteiger partial charge in [0.25, 0.3) is 0 Å². The van der Waals surface area contributed by atoms with Gasteiger partial charge in [-0.25, -0.2) is 9.59 Å². The van der Waals surface area contributed by atoms with Gasteiger partial charge >= 0.3 is 12.1 Å². The lowest BCUT2D eigenvalue weighted by Gasteiger charge is -2.17. The number of rotatable bonds is 5. The Labute approximate surface area is 146 Å². The fraction of sp³-hybridized carbons (Fsp3) is 0.278. The van der Waals surface area contributed by atoms with E-state index in [0.717, 1.165) is 11.1 Å². The van der Waals surface area contributed by atoms with Gasteiger partial charge in [0.1, 0.15) is 0 Å². The molecule has 1 aromatic carbocycles. The van der Waals surface area contributed by atoms with E-state index in [9.17, 15) is 9.59 Å². The van der Waals surface area contributed by atoms with Crippen molar-refractivity contribution < 1.29 is 14.3 Å². The van der Waals surface area contributed by atoms with E-state index in [1.807, 2.05) is 26.0 Å². The first-order valence-corrected chi connectivity index (χ1v) is 8.02. The molecule has 0 fully saturated rings. The molecular weight excluding hydrogens is 320 g/mol. The Kier molecular flexibility index (Phi) is 6.33. The highest BCUT2D eigenvalue weighted by Crippen LogP contribution is 2.23. The van der Waals surface area contributed by atoms with Gasteiger partial charge in [0, 0.05) is 23.8 Å². The van der Waals surface area contributed by atoms with Gasteiger partial charge in [-0.1, -0.05) is 6.07 Å². The normalized spacial score (nSPS) is 11.3. The summed E-state index contributed by atoms with van der Waals surface area (Å²) in [6.07, 6.45) is 2.83. The second-order valence-electron chi connectivity index (χ2n) is 5.42. The summed E-state index contributed by atoms with van der Waals surface area (Å²) >= 11 is 0. The summed E-state index contributed by atoms with van der Waals surface area (Å²) in [5.41, 5.74) is 2.88. The molecule has 3 N–H and O–H groups in total. The molecule has 1 heterocycles. The lowest BCUT2D eigenvalue weighted by atomic mass is 10.1. The maximum atomic E-state index is 12.2. The lowest BCUT2D eigenvalue weighted by Crippen LogP contribution is -2.31. The molecule has 0 spiro atoms. The number of nitrogens with zero attached hydrogens (tertiary/aromatic N) is 1. The van der Waals surface area contributed by atoms with Gasteiger partial charge < -0.3 is 15.4 Å². The summed E-state index contributed by atoms with van der Waals surface area (Å²) in [6, 6.07) is 8.46. The van der Waals surface area contributed by atoms with Gasteiger partial charge in [-0.05, 0) is 56.2 Å². The second kappa shape index (κ2) is 8.68. The standard InChI is InChI=1S/C18H22N4O3/c1-4-25-18(24)22-16-7-5-6-15(12(16)2)21-17(23)20-13(3)14-8-10-19-11-9-14/h5-11,13H,4H2,1-3H3,(H,22,24)(H2,20,21,23). The quantitative estimate of drug-likeness (QED) is 0.770. The van der Waals surface area contributed by atoms with Crippen LogP contribution < -0.4 is 16.0 Å². The summed E-state index contributed by atoms with van der Waals surface area (Å²) in [6.45, 7) is 5.72. The van der Waals surface area contributed by atoms with Crippen molar-refractivity contribution in [1.29, 1.82) is 0 Å². The molecule has 0 aliphatic carbocycles. The summed E-state index contributed by atoms with van der Waals surface area (Å²) in [5, 5.41) is 8.31. The van der Waals surface area contributed by atoms with Crippen molar-refractivity contribution in [2.75, 3.05) is 17.2 Å². The zero-order valence-corrected chi connectivity index (χ0v) is 14.5. The number of hydrogen-bond donors (Lipinski definition) is 3. The largest absolute Gasteiger partial charge is 0.450 e. The van der Waals surface area contributed by atoms with Crippen LogP contribution in [0.4, 0.5) is 21.0 Å². The molecule has 1 unspecified atom stereocenters. The lowest BCUT2D eigenvalue weighted by molar-refractivity contribution is 0.168. The van der Waals surface area contributed by atoms with E-state index in [-0.39, 0.29) is 18.7 Å². The molecule has 132 valence electrons. The van der Waals surface area contributed by atoms with Gasteiger partial charge in [-0.2, -0.15) is 0 Å². The number of carbonyl (C=O) groups is 2. The van der Waals surface area contributed by atoms with E-state index in [0.29, 0.717) is 11.4 Å². The van der Waals surface area contributed by atoms with Crippen LogP contribution in [-0.4, -0.2) is 23.7 Å². The molecule has 7 heteroatoms. The van der Waals surface area contributed by atoms with Crippen LogP contribution in [0.3, 0.4) is 0 Å². The molecule has 1 aromatic heterocycles. The molecule has 1 atom stereocenters. The van der Waals surface area contributed by atoms with E-state index >= 15 is 0 Å². The number of ether oxygens (including phenoxy) is 1. The number of pyridine rings is 1. The molecule has 0 radical (unpaired) electrons. The Bertz CT molecular complexity index is 734. The summed E-state index contributed by atoms with van der Waals surface area (Å²) in [4.78, 5) is 27.8. The minimum absolute atomic E-state index is 0.163. The fourth-order valence-corrected chi connectivity index (χ4v) is 2.27. The van der Waals surface area contributed by atoms with E-state index in [2.05, 4.69) is 20.9 Å². The fourth-order valence-electron chi connectivity index (χ4n) is 2.27. The maximum absolute atomic E-state index is 12.2. The maximum Gasteiger partial charge on any atom is 0.411 e. The van der Waals surface area contributed by atoms with Gasteiger partial charge in [0.15, 0.2) is 0 Å². The van der Waals surface area contributed by atoms with Crippen LogP contribution in [-0.2, 0) is 4.74 Å². The van der Waals surface area contributed by atoms with E-state index in [1.54, 1.807) is 37.5 Å². The van der Waals surface area contributed by atoms with Crippen LogP contribution in [0.1, 0.15) is 31.0 Å². The van der Waals surface area contributed by atoms with Gasteiger partial charge in [0.05, 0.1) is 12.6 Å². The Morgan fingerprint density at radius 2 is 1.76 bits per heavy atom. The molecule has 2 aromatic rings. The van der Waals surface area contributed by atoms with Crippen molar-refractivity contribution in [3.63, 3.8) is 0 Å². The van der Waals surface area contributed by atoms with Crippen molar-refractivity contribution in [2.45, 2.75) is 26.8 Å². The smallest absolute Gasteiger partial charge is 0.411 e. The van der Waals surface area contributed by atoms with Gasteiger partial charge in [-0.3, -0.25) is 10.3 Å². The molecule has 3 amide bonds. The van der Waals surface area contributed by atoms with E-state index in [1.165, 1.54) is 0 Å². The third-order valence-electron chi connectivity index (χ3n) is 3.65. The van der Waals surface area contributed by atoms with E-state index in [4.69, 9.17) is 4.74 Å². The Morgan fingerprint density at radius 3 is 2.40 bits per heavy atom. The van der Waals surface area contributed by atoms with Crippen LogP contribution in [0.25, 0.3) is 0 Å². The first-order chi connectivity index (χ1) is 12.0. The Morgan fingerprint density at radius 1 is 1.12 bits per heavy atom. The average molecular weight is 342 g/mol. The van der Waals surface area contributed by atoms with Crippen LogP contribution >= 0.6 is 0 Å². The second-order valence-corrected chi connectivity index (χ2v) is 5.42. The number of urea groups is 1. The molecule has 2 rings (SSSR count). The zero-order valence-electron chi connectivity index (χ0n) is 14.5. The molecule has 0 saturated carbocycles. The van der Waals surface area contributed by atoms with Crippen LogP contribution in [0.5, 0.6) is 0 Å². The van der Waals surface area contributed by atoms with Crippen molar-refractivity contribution in [2.24, 2.45) is 0 Å². The van der Waals surface area contributed by atoms with Crippen molar-refractivity contribution in [3.05, 3.63) is 53.9 Å². The first kappa shape index (κ1) is 18.3. The topological polar surface area (TPSA) is 92.4 Å². The van der Waals surface area contributed by atoms with Gasteiger partial charge in [-0.15, -0.1) is 0 Å². The first-order valence-electron chi connectivity index (χ1n) is 8.02. The predicted molar refractivity (Wildman–Crippen MR) is 96.6 cm³/mol.